The summed E-state index contributed by atoms with van der Waals surface area (Å²) in [5, 5.41) is 1.76. The second-order valence-electron chi connectivity index (χ2n) is 6.57. The van der Waals surface area contributed by atoms with Gasteiger partial charge in [-0.25, -0.2) is 14.0 Å². The highest BCUT2D eigenvalue weighted by Gasteiger charge is 2.11. The van der Waals surface area contributed by atoms with E-state index in [1.165, 1.54) is 25.3 Å². The molecule has 0 atom stereocenters. The smallest absolute Gasteiger partial charge is 0.338 e. The van der Waals surface area contributed by atoms with E-state index in [-0.39, 0.29) is 11.3 Å². The average Bonchev–Trinajstić information content (AvgIpc) is 2.76. The van der Waals surface area contributed by atoms with Gasteiger partial charge in [0.15, 0.2) is 0 Å². The first-order valence-electron chi connectivity index (χ1n) is 9.23. The number of esters is 2. The number of fused-ring (bicyclic) bond motifs is 1. The van der Waals surface area contributed by atoms with Crippen LogP contribution in [0.15, 0.2) is 91.9 Å². The Morgan fingerprint density at radius 2 is 1.65 bits per heavy atom. The summed E-state index contributed by atoms with van der Waals surface area (Å²) in [5.41, 5.74) is 1.28. The van der Waals surface area contributed by atoms with E-state index in [0.29, 0.717) is 16.9 Å². The van der Waals surface area contributed by atoms with Crippen molar-refractivity contribution in [2.75, 3.05) is 0 Å². The average molecular weight is 418 g/mol. The van der Waals surface area contributed by atoms with Gasteiger partial charge in [-0.1, -0.05) is 31.4 Å². The van der Waals surface area contributed by atoms with Crippen LogP contribution in [0.25, 0.3) is 21.9 Å². The van der Waals surface area contributed by atoms with Gasteiger partial charge in [0, 0.05) is 23.3 Å². The van der Waals surface area contributed by atoms with Gasteiger partial charge in [0.05, 0.1) is 0 Å². The van der Waals surface area contributed by atoms with E-state index >= 15 is 0 Å². The molecule has 3 aromatic rings. The minimum atomic E-state index is -0.607. The van der Waals surface area contributed by atoms with E-state index in [4.69, 9.17) is 9.47 Å². The van der Waals surface area contributed by atoms with Crippen LogP contribution in [-0.4, -0.2) is 11.9 Å². The van der Waals surface area contributed by atoms with Gasteiger partial charge in [-0.05, 0) is 53.6 Å². The SMILES string of the molecule is C=CC(=O)O/C=C\Oc1ccc2cc(-c3ccc(OC(=O)C(=C)C)cc3F)ccc2c1. The van der Waals surface area contributed by atoms with Crippen molar-refractivity contribution in [1.82, 2.24) is 0 Å². The predicted octanol–water partition coefficient (Wildman–Crippen LogP) is 5.71. The summed E-state index contributed by atoms with van der Waals surface area (Å²) >= 11 is 0. The van der Waals surface area contributed by atoms with Gasteiger partial charge in [0.2, 0.25) is 0 Å². The third kappa shape index (κ3) is 5.45. The highest BCUT2D eigenvalue weighted by Crippen LogP contribution is 2.30. The monoisotopic (exact) mass is 418 g/mol. The maximum atomic E-state index is 14.6. The third-order valence-corrected chi connectivity index (χ3v) is 4.23. The Morgan fingerprint density at radius 1 is 0.935 bits per heavy atom. The zero-order valence-electron chi connectivity index (χ0n) is 16.8. The summed E-state index contributed by atoms with van der Waals surface area (Å²) in [7, 11) is 0. The second-order valence-corrected chi connectivity index (χ2v) is 6.57. The standard InChI is InChI=1S/C25H19FO5/c1-4-24(27)30-12-11-29-20-8-7-17-13-19(6-5-18(17)14-20)22-10-9-21(15-23(22)26)31-25(28)16(2)3/h4-15H,1-2H2,3H3/b12-11-. The highest BCUT2D eigenvalue weighted by molar-refractivity contribution is 5.90. The molecular formula is C25H19FO5. The fourth-order valence-electron chi connectivity index (χ4n) is 2.70. The van der Waals surface area contributed by atoms with E-state index in [1.807, 2.05) is 18.2 Å². The van der Waals surface area contributed by atoms with E-state index in [2.05, 4.69) is 17.9 Å². The van der Waals surface area contributed by atoms with Crippen LogP contribution >= 0.6 is 0 Å². The van der Waals surface area contributed by atoms with Gasteiger partial charge >= 0.3 is 11.9 Å². The van der Waals surface area contributed by atoms with E-state index in [1.54, 1.807) is 24.3 Å². The second kappa shape index (κ2) is 9.54. The molecule has 31 heavy (non-hydrogen) atoms. The van der Waals surface area contributed by atoms with Crippen LogP contribution in [0.5, 0.6) is 11.5 Å². The summed E-state index contributed by atoms with van der Waals surface area (Å²) in [6.07, 6.45) is 3.41. The first kappa shape index (κ1) is 21.5. The maximum absolute atomic E-state index is 14.6. The molecule has 0 N–H and O–H groups in total. The van der Waals surface area contributed by atoms with Crippen molar-refractivity contribution < 1.29 is 28.2 Å². The van der Waals surface area contributed by atoms with Crippen LogP contribution in [0.4, 0.5) is 4.39 Å². The molecule has 0 unspecified atom stereocenters. The normalized spacial score (nSPS) is 10.6. The fourth-order valence-corrected chi connectivity index (χ4v) is 2.70. The molecule has 0 aromatic heterocycles. The van der Waals surface area contributed by atoms with E-state index in [9.17, 15) is 14.0 Å². The lowest BCUT2D eigenvalue weighted by Crippen LogP contribution is -2.08. The minimum Gasteiger partial charge on any atom is -0.462 e. The lowest BCUT2D eigenvalue weighted by atomic mass is 10.0. The summed E-state index contributed by atoms with van der Waals surface area (Å²) in [6.45, 7) is 8.31. The molecule has 0 fully saturated rings. The number of ether oxygens (including phenoxy) is 3. The van der Waals surface area contributed by atoms with E-state index < -0.39 is 17.8 Å². The van der Waals surface area contributed by atoms with E-state index in [0.717, 1.165) is 23.1 Å². The number of rotatable bonds is 7. The van der Waals surface area contributed by atoms with Gasteiger partial charge in [0.25, 0.3) is 0 Å². The molecule has 5 nitrogen and oxygen atoms in total. The molecule has 0 aliphatic heterocycles. The molecule has 0 saturated carbocycles. The first-order chi connectivity index (χ1) is 14.9. The molecule has 3 aromatic carbocycles. The molecule has 156 valence electrons. The van der Waals surface area contributed by atoms with Crippen molar-refractivity contribution in [3.05, 3.63) is 97.7 Å². The van der Waals surface area contributed by atoms with Crippen LogP contribution < -0.4 is 9.47 Å². The number of carbonyl (C=O) groups excluding carboxylic acids is 2. The van der Waals surface area contributed by atoms with Crippen molar-refractivity contribution in [2.45, 2.75) is 6.92 Å². The molecule has 0 amide bonds. The van der Waals surface area contributed by atoms with Crippen molar-refractivity contribution in [3.63, 3.8) is 0 Å². The predicted molar refractivity (Wildman–Crippen MR) is 116 cm³/mol. The lowest BCUT2D eigenvalue weighted by molar-refractivity contribution is -0.132. The van der Waals surface area contributed by atoms with Crippen LogP contribution in [0, 0.1) is 5.82 Å². The van der Waals surface area contributed by atoms with Crippen molar-refractivity contribution >= 4 is 22.7 Å². The molecule has 0 aliphatic rings. The Morgan fingerprint density at radius 3 is 2.35 bits per heavy atom. The zero-order chi connectivity index (χ0) is 22.4. The summed E-state index contributed by atoms with van der Waals surface area (Å²) in [6, 6.07) is 15.1. The molecule has 0 heterocycles. The first-order valence-corrected chi connectivity index (χ1v) is 9.23. The topological polar surface area (TPSA) is 61.8 Å². The molecule has 0 saturated heterocycles. The molecule has 3 rings (SSSR count). The molecule has 0 aliphatic carbocycles. The number of carbonyl (C=O) groups is 2. The summed E-state index contributed by atoms with van der Waals surface area (Å²) < 4.78 is 29.8. The summed E-state index contributed by atoms with van der Waals surface area (Å²) in [5.74, 6) is -1.04. The number of benzene rings is 3. The quantitative estimate of drug-likeness (QED) is 0.213. The Hall–Kier alpha value is -4.19. The maximum Gasteiger partial charge on any atom is 0.338 e. The largest absolute Gasteiger partial charge is 0.462 e. The van der Waals surface area contributed by atoms with Crippen molar-refractivity contribution in [3.8, 4) is 22.6 Å². The lowest BCUT2D eigenvalue weighted by Gasteiger charge is -2.09. The summed E-state index contributed by atoms with van der Waals surface area (Å²) in [4.78, 5) is 22.6. The fraction of sp³-hybridized carbons (Fsp3) is 0.0400. The third-order valence-electron chi connectivity index (χ3n) is 4.23. The van der Waals surface area contributed by atoms with Crippen LogP contribution in [0.1, 0.15) is 6.92 Å². The van der Waals surface area contributed by atoms with Gasteiger partial charge < -0.3 is 14.2 Å². The Kier molecular flexibility index (Phi) is 6.62. The van der Waals surface area contributed by atoms with Crippen LogP contribution in [0.2, 0.25) is 0 Å². The number of hydrogen-bond acceptors (Lipinski definition) is 5. The van der Waals surface area contributed by atoms with Crippen molar-refractivity contribution in [1.29, 1.82) is 0 Å². The highest BCUT2D eigenvalue weighted by atomic mass is 19.1. The molecule has 6 heteroatoms. The zero-order valence-corrected chi connectivity index (χ0v) is 16.8. The Bertz CT molecular complexity index is 1210. The Balaban J connectivity index is 1.78. The van der Waals surface area contributed by atoms with Gasteiger partial charge in [-0.15, -0.1) is 0 Å². The van der Waals surface area contributed by atoms with Crippen molar-refractivity contribution in [2.24, 2.45) is 0 Å². The van der Waals surface area contributed by atoms with Crippen LogP contribution in [0.3, 0.4) is 0 Å². The number of halogens is 1. The minimum absolute atomic E-state index is 0.114. The molecule has 0 radical (unpaired) electrons. The van der Waals surface area contributed by atoms with Gasteiger partial charge in [0.1, 0.15) is 29.8 Å². The van der Waals surface area contributed by atoms with Gasteiger partial charge in [-0.3, -0.25) is 0 Å². The molecular weight excluding hydrogens is 399 g/mol. The van der Waals surface area contributed by atoms with Gasteiger partial charge in [-0.2, -0.15) is 0 Å². The Labute approximate surface area is 178 Å². The molecule has 0 bridgehead atoms. The number of hydrogen-bond donors (Lipinski definition) is 0. The molecule has 0 spiro atoms. The van der Waals surface area contributed by atoms with Crippen LogP contribution in [-0.2, 0) is 14.3 Å².